The first-order valence-corrected chi connectivity index (χ1v) is 12.4. The molecular formula is C26H36ClN5O. The highest BCUT2D eigenvalue weighted by molar-refractivity contribution is 6.17. The first-order valence-electron chi connectivity index (χ1n) is 11.9. The van der Waals surface area contributed by atoms with Crippen molar-refractivity contribution in [3.63, 3.8) is 0 Å². The van der Waals surface area contributed by atoms with Gasteiger partial charge in [0.25, 0.3) is 5.91 Å². The standard InChI is InChI=1S/C26H36ClN5O/c1-18(2)11-14-31(15-12-19(3)4)26(33)22-17-32-23(6-5-13-27)25(30-24(32)16-29-22)20-7-9-21(28)10-8-20/h7-10,16-19H,5-6,11-15,28H2,1-4H3. The van der Waals surface area contributed by atoms with E-state index in [0.717, 1.165) is 61.4 Å². The summed E-state index contributed by atoms with van der Waals surface area (Å²) in [7, 11) is 0. The molecule has 2 aromatic heterocycles. The van der Waals surface area contributed by atoms with Gasteiger partial charge in [-0.2, -0.15) is 0 Å². The maximum atomic E-state index is 13.4. The average molecular weight is 470 g/mol. The van der Waals surface area contributed by atoms with Crippen molar-refractivity contribution in [2.75, 3.05) is 24.7 Å². The molecule has 0 atom stereocenters. The van der Waals surface area contributed by atoms with E-state index in [1.165, 1.54) is 0 Å². The number of nitrogens with zero attached hydrogens (tertiary/aromatic N) is 4. The van der Waals surface area contributed by atoms with E-state index in [4.69, 9.17) is 22.3 Å². The van der Waals surface area contributed by atoms with Gasteiger partial charge < -0.3 is 10.6 Å². The summed E-state index contributed by atoms with van der Waals surface area (Å²) in [5.74, 6) is 1.61. The molecule has 0 aliphatic heterocycles. The van der Waals surface area contributed by atoms with Crippen LogP contribution in [0.25, 0.3) is 16.9 Å². The van der Waals surface area contributed by atoms with Crippen LogP contribution >= 0.6 is 11.6 Å². The Morgan fingerprint density at radius 2 is 1.73 bits per heavy atom. The molecule has 1 amide bonds. The van der Waals surface area contributed by atoms with Crippen molar-refractivity contribution >= 4 is 28.8 Å². The van der Waals surface area contributed by atoms with Gasteiger partial charge in [0.15, 0.2) is 5.65 Å². The SMILES string of the molecule is CC(C)CCN(CCC(C)C)C(=O)c1cn2c(CCCCl)c(-c3ccc(N)cc3)nc2cn1. The number of rotatable bonds is 11. The number of imidazole rings is 1. The molecule has 0 saturated heterocycles. The maximum Gasteiger partial charge on any atom is 0.273 e. The molecule has 0 saturated carbocycles. The number of nitrogen functional groups attached to an aromatic ring is 1. The lowest BCUT2D eigenvalue weighted by molar-refractivity contribution is 0.0734. The lowest BCUT2D eigenvalue weighted by Gasteiger charge is -2.24. The van der Waals surface area contributed by atoms with E-state index in [-0.39, 0.29) is 5.91 Å². The number of alkyl halides is 1. The number of fused-ring (bicyclic) bond motifs is 1. The molecule has 6 nitrogen and oxygen atoms in total. The van der Waals surface area contributed by atoms with Crippen LogP contribution in [0.3, 0.4) is 0 Å². The fourth-order valence-electron chi connectivity index (χ4n) is 3.76. The summed E-state index contributed by atoms with van der Waals surface area (Å²) < 4.78 is 2.00. The van der Waals surface area contributed by atoms with Gasteiger partial charge in [-0.1, -0.05) is 39.8 Å². The van der Waals surface area contributed by atoms with Crippen LogP contribution in [0.5, 0.6) is 0 Å². The molecule has 0 aliphatic carbocycles. The van der Waals surface area contributed by atoms with Crippen molar-refractivity contribution in [1.82, 2.24) is 19.3 Å². The fraction of sp³-hybridized carbons (Fsp3) is 0.500. The van der Waals surface area contributed by atoms with Gasteiger partial charge in [-0.05, 0) is 49.7 Å². The molecule has 7 heteroatoms. The second-order valence-corrected chi connectivity index (χ2v) is 9.86. The van der Waals surface area contributed by atoms with Gasteiger partial charge in [0.2, 0.25) is 0 Å². The van der Waals surface area contributed by atoms with Crippen molar-refractivity contribution in [3.05, 3.63) is 48.0 Å². The molecule has 2 heterocycles. The molecule has 3 aromatic rings. The first-order chi connectivity index (χ1) is 15.8. The van der Waals surface area contributed by atoms with E-state index in [1.807, 2.05) is 39.8 Å². The second-order valence-electron chi connectivity index (χ2n) is 9.48. The molecule has 1 aromatic carbocycles. The summed E-state index contributed by atoms with van der Waals surface area (Å²) in [6.07, 6.45) is 7.05. The van der Waals surface area contributed by atoms with Crippen molar-refractivity contribution in [2.24, 2.45) is 11.8 Å². The van der Waals surface area contributed by atoms with Crippen LogP contribution in [0.2, 0.25) is 0 Å². The Labute approximate surface area is 202 Å². The van der Waals surface area contributed by atoms with Crippen LogP contribution in [0.4, 0.5) is 5.69 Å². The predicted molar refractivity (Wildman–Crippen MR) is 137 cm³/mol. The molecule has 0 unspecified atom stereocenters. The van der Waals surface area contributed by atoms with Crippen LogP contribution < -0.4 is 5.73 Å². The highest BCUT2D eigenvalue weighted by Gasteiger charge is 2.21. The number of aryl methyl sites for hydroxylation is 1. The highest BCUT2D eigenvalue weighted by Crippen LogP contribution is 2.27. The molecule has 0 aliphatic rings. The third kappa shape index (κ3) is 6.47. The van der Waals surface area contributed by atoms with Crippen LogP contribution in [-0.4, -0.2) is 44.1 Å². The van der Waals surface area contributed by atoms with E-state index in [1.54, 1.807) is 6.20 Å². The number of nitrogens with two attached hydrogens (primary N) is 1. The van der Waals surface area contributed by atoms with E-state index in [9.17, 15) is 4.79 Å². The van der Waals surface area contributed by atoms with Crippen molar-refractivity contribution in [1.29, 1.82) is 0 Å². The number of carbonyl (C=O) groups excluding carboxylic acids is 1. The minimum Gasteiger partial charge on any atom is -0.399 e. The number of carbonyl (C=O) groups is 1. The summed E-state index contributed by atoms with van der Waals surface area (Å²) in [4.78, 5) is 24.7. The van der Waals surface area contributed by atoms with Gasteiger partial charge in [0.1, 0.15) is 5.69 Å². The normalized spacial score (nSPS) is 11.6. The lowest BCUT2D eigenvalue weighted by atomic mass is 10.1. The molecule has 0 bridgehead atoms. The number of aromatic nitrogens is 3. The Balaban J connectivity index is 1.99. The van der Waals surface area contributed by atoms with Crippen LogP contribution in [0, 0.1) is 11.8 Å². The third-order valence-corrected chi connectivity index (χ3v) is 6.07. The largest absolute Gasteiger partial charge is 0.399 e. The smallest absolute Gasteiger partial charge is 0.273 e. The fourth-order valence-corrected chi connectivity index (χ4v) is 3.90. The average Bonchev–Trinajstić information content (AvgIpc) is 3.15. The minimum atomic E-state index is -0.0239. The third-order valence-electron chi connectivity index (χ3n) is 5.80. The predicted octanol–water partition coefficient (Wildman–Crippen LogP) is 5.68. The minimum absolute atomic E-state index is 0.0239. The van der Waals surface area contributed by atoms with Gasteiger partial charge in [-0.15, -0.1) is 11.6 Å². The Bertz CT molecular complexity index is 1050. The van der Waals surface area contributed by atoms with Crippen LogP contribution in [-0.2, 0) is 6.42 Å². The van der Waals surface area contributed by atoms with E-state index in [2.05, 4.69) is 32.7 Å². The van der Waals surface area contributed by atoms with Crippen molar-refractivity contribution in [2.45, 2.75) is 53.4 Å². The molecule has 2 N–H and O–H groups in total. The summed E-state index contributed by atoms with van der Waals surface area (Å²) in [5.41, 5.74) is 10.6. The molecule has 178 valence electrons. The zero-order valence-corrected chi connectivity index (χ0v) is 21.0. The topological polar surface area (TPSA) is 76.5 Å². The maximum absolute atomic E-state index is 13.4. The molecule has 3 rings (SSSR count). The van der Waals surface area contributed by atoms with Crippen molar-refractivity contribution in [3.8, 4) is 11.3 Å². The quantitative estimate of drug-likeness (QED) is 0.289. The van der Waals surface area contributed by atoms with E-state index < -0.39 is 0 Å². The van der Waals surface area contributed by atoms with Crippen LogP contribution in [0.15, 0.2) is 36.7 Å². The van der Waals surface area contributed by atoms with Gasteiger partial charge in [0.05, 0.1) is 17.6 Å². The Morgan fingerprint density at radius 3 is 2.30 bits per heavy atom. The van der Waals surface area contributed by atoms with Gasteiger partial charge in [0, 0.05) is 36.4 Å². The van der Waals surface area contributed by atoms with Crippen LogP contribution in [0.1, 0.15) is 63.1 Å². The summed E-state index contributed by atoms with van der Waals surface area (Å²) in [6.45, 7) is 10.2. The summed E-state index contributed by atoms with van der Waals surface area (Å²) in [5, 5.41) is 0. The van der Waals surface area contributed by atoms with E-state index in [0.29, 0.717) is 29.1 Å². The molecular weight excluding hydrogens is 434 g/mol. The number of anilines is 1. The highest BCUT2D eigenvalue weighted by atomic mass is 35.5. The Hall–Kier alpha value is -2.60. The van der Waals surface area contributed by atoms with Crippen molar-refractivity contribution < 1.29 is 4.79 Å². The number of benzene rings is 1. The molecule has 33 heavy (non-hydrogen) atoms. The van der Waals surface area contributed by atoms with Gasteiger partial charge >= 0.3 is 0 Å². The number of halogens is 1. The second kappa shape index (κ2) is 11.5. The zero-order valence-electron chi connectivity index (χ0n) is 20.2. The monoisotopic (exact) mass is 469 g/mol. The van der Waals surface area contributed by atoms with Gasteiger partial charge in [-0.3, -0.25) is 9.20 Å². The first kappa shape index (κ1) is 25.0. The molecule has 0 radical (unpaired) electrons. The van der Waals surface area contributed by atoms with Gasteiger partial charge in [-0.25, -0.2) is 9.97 Å². The summed E-state index contributed by atoms with van der Waals surface area (Å²) in [6, 6.07) is 7.69. The van der Waals surface area contributed by atoms with E-state index >= 15 is 0 Å². The Kier molecular flexibility index (Phi) is 8.73. The number of hydrogen-bond donors (Lipinski definition) is 1. The molecule has 0 spiro atoms. The molecule has 0 fully saturated rings. The Morgan fingerprint density at radius 1 is 1.09 bits per heavy atom. The lowest BCUT2D eigenvalue weighted by Crippen LogP contribution is -2.34. The zero-order chi connectivity index (χ0) is 24.0. The number of hydrogen-bond acceptors (Lipinski definition) is 4. The summed E-state index contributed by atoms with van der Waals surface area (Å²) >= 11 is 6.01. The number of amides is 1.